The van der Waals surface area contributed by atoms with Crippen molar-refractivity contribution in [3.63, 3.8) is 0 Å². The van der Waals surface area contributed by atoms with Crippen LogP contribution in [0.25, 0.3) is 0 Å². The Morgan fingerprint density at radius 1 is 0.946 bits per heavy atom. The lowest BCUT2D eigenvalue weighted by atomic mass is 9.98. The molecule has 0 aromatic heterocycles. The molecule has 13 nitrogen and oxygen atoms in total. The third kappa shape index (κ3) is 11.2. The second kappa shape index (κ2) is 15.3. The molecule has 1 aromatic carbocycles. The summed E-state index contributed by atoms with van der Waals surface area (Å²) in [4.78, 5) is 53.7. The van der Waals surface area contributed by atoms with Gasteiger partial charge in [-0.05, 0) is 43.4 Å². The maximum Gasteiger partial charge on any atom is 0.326 e. The smallest absolute Gasteiger partial charge is 0.326 e. The molecule has 206 valence electrons. The molecule has 0 heterocycles. The molecule has 13 heteroatoms. The summed E-state index contributed by atoms with van der Waals surface area (Å²) in [5, 5.41) is 26.5. The van der Waals surface area contributed by atoms with Gasteiger partial charge in [0, 0.05) is 13.0 Å². The molecule has 0 radical (unpaired) electrons. The Kier molecular flexibility index (Phi) is 12.9. The number of phenols is 1. The highest BCUT2D eigenvalue weighted by molar-refractivity contribution is 5.94. The van der Waals surface area contributed by atoms with E-state index < -0.39 is 47.9 Å². The van der Waals surface area contributed by atoms with E-state index in [0.717, 1.165) is 0 Å². The first-order valence-corrected chi connectivity index (χ1v) is 12.1. The van der Waals surface area contributed by atoms with E-state index in [1.54, 1.807) is 12.1 Å². The number of carboxylic acids is 1. The van der Waals surface area contributed by atoms with Crippen LogP contribution in [0.1, 0.15) is 45.6 Å². The summed E-state index contributed by atoms with van der Waals surface area (Å²) in [6.45, 7) is 5.31. The van der Waals surface area contributed by atoms with Crippen LogP contribution in [0, 0.1) is 5.92 Å². The van der Waals surface area contributed by atoms with Crippen LogP contribution in [-0.4, -0.2) is 70.6 Å². The van der Waals surface area contributed by atoms with Gasteiger partial charge >= 0.3 is 5.97 Å². The monoisotopic (exact) mass is 521 g/mol. The number of rotatable bonds is 15. The number of guanidine groups is 1. The highest BCUT2D eigenvalue weighted by atomic mass is 16.4. The maximum absolute atomic E-state index is 13.1. The molecule has 1 aromatic rings. The Balaban J connectivity index is 2.90. The SMILES string of the molecule is CCC(C)C(N)C(=O)NC(Cc1ccc(O)cc1)C(=O)NC(C)C(=O)NC(CCCN=C(N)N)C(=O)O. The quantitative estimate of drug-likeness (QED) is 0.0794. The van der Waals surface area contributed by atoms with Gasteiger partial charge < -0.3 is 43.4 Å². The van der Waals surface area contributed by atoms with Crippen LogP contribution >= 0.6 is 0 Å². The molecule has 0 aliphatic heterocycles. The Morgan fingerprint density at radius 3 is 2.08 bits per heavy atom. The number of aromatic hydroxyl groups is 1. The first-order valence-electron chi connectivity index (χ1n) is 12.1. The highest BCUT2D eigenvalue weighted by Crippen LogP contribution is 2.12. The van der Waals surface area contributed by atoms with E-state index in [1.807, 2.05) is 13.8 Å². The van der Waals surface area contributed by atoms with E-state index in [1.165, 1.54) is 19.1 Å². The largest absolute Gasteiger partial charge is 0.508 e. The summed E-state index contributed by atoms with van der Waals surface area (Å²) in [6, 6.07) is 1.89. The molecule has 0 fully saturated rings. The number of carbonyl (C=O) groups excluding carboxylic acids is 3. The number of aliphatic carboxylic acids is 1. The zero-order valence-electron chi connectivity index (χ0n) is 21.4. The van der Waals surface area contributed by atoms with Crippen molar-refractivity contribution >= 4 is 29.7 Å². The first-order chi connectivity index (χ1) is 17.3. The van der Waals surface area contributed by atoms with Crippen molar-refractivity contribution in [1.82, 2.24) is 16.0 Å². The van der Waals surface area contributed by atoms with Crippen LogP contribution < -0.4 is 33.2 Å². The summed E-state index contributed by atoms with van der Waals surface area (Å²) < 4.78 is 0. The molecular weight excluding hydrogens is 482 g/mol. The number of carboxylic acid groups (broad SMARTS) is 1. The second-order valence-electron chi connectivity index (χ2n) is 8.92. The molecule has 0 spiro atoms. The second-order valence-corrected chi connectivity index (χ2v) is 8.92. The number of aliphatic imine (C=N–C) groups is 1. The van der Waals surface area contributed by atoms with Crippen LogP contribution in [0.5, 0.6) is 5.75 Å². The summed E-state index contributed by atoms with van der Waals surface area (Å²) in [6.07, 6.45) is 1.12. The Bertz CT molecular complexity index is 949. The molecule has 0 bridgehead atoms. The molecule has 0 aliphatic carbocycles. The van der Waals surface area contributed by atoms with Crippen molar-refractivity contribution in [3.05, 3.63) is 29.8 Å². The molecule has 0 saturated carbocycles. The summed E-state index contributed by atoms with van der Waals surface area (Å²) >= 11 is 0. The van der Waals surface area contributed by atoms with Gasteiger partial charge in [-0.2, -0.15) is 0 Å². The Hall–Kier alpha value is -3.87. The van der Waals surface area contributed by atoms with E-state index in [-0.39, 0.29) is 37.0 Å². The number of phenolic OH excluding ortho intramolecular Hbond substituents is 1. The number of hydrogen-bond donors (Lipinski definition) is 8. The maximum atomic E-state index is 13.1. The van der Waals surface area contributed by atoms with Crippen molar-refractivity contribution in [2.45, 2.75) is 70.6 Å². The number of nitrogens with one attached hydrogen (secondary N) is 3. The Labute approximate surface area is 216 Å². The minimum atomic E-state index is -1.24. The molecule has 3 amide bonds. The molecule has 5 atom stereocenters. The lowest BCUT2D eigenvalue weighted by Gasteiger charge is -2.25. The molecule has 0 aliphatic rings. The van der Waals surface area contributed by atoms with Gasteiger partial charge in [0.05, 0.1) is 6.04 Å². The van der Waals surface area contributed by atoms with Crippen LogP contribution in [0.2, 0.25) is 0 Å². The topological polar surface area (TPSA) is 235 Å². The number of hydrogen-bond acceptors (Lipinski definition) is 7. The zero-order valence-corrected chi connectivity index (χ0v) is 21.4. The van der Waals surface area contributed by atoms with Gasteiger partial charge in [-0.1, -0.05) is 32.4 Å². The first kappa shape index (κ1) is 31.2. The third-order valence-electron chi connectivity index (χ3n) is 5.88. The number of amides is 3. The zero-order chi connectivity index (χ0) is 28.1. The number of nitrogens with two attached hydrogens (primary N) is 3. The van der Waals surface area contributed by atoms with Gasteiger partial charge in [0.1, 0.15) is 23.9 Å². The Morgan fingerprint density at radius 2 is 1.54 bits per heavy atom. The minimum Gasteiger partial charge on any atom is -0.508 e. The van der Waals surface area contributed by atoms with Gasteiger partial charge in [0.25, 0.3) is 0 Å². The summed E-state index contributed by atoms with van der Waals surface area (Å²) in [7, 11) is 0. The van der Waals surface area contributed by atoms with Gasteiger partial charge in [-0.3, -0.25) is 19.4 Å². The van der Waals surface area contributed by atoms with Crippen molar-refractivity contribution < 1.29 is 29.4 Å². The van der Waals surface area contributed by atoms with E-state index in [9.17, 15) is 29.4 Å². The lowest BCUT2D eigenvalue weighted by molar-refractivity contribution is -0.142. The van der Waals surface area contributed by atoms with Gasteiger partial charge in [-0.15, -0.1) is 0 Å². The van der Waals surface area contributed by atoms with E-state index in [4.69, 9.17) is 17.2 Å². The highest BCUT2D eigenvalue weighted by Gasteiger charge is 2.29. The van der Waals surface area contributed by atoms with Gasteiger partial charge in [0.15, 0.2) is 5.96 Å². The average Bonchev–Trinajstić information content (AvgIpc) is 2.84. The predicted molar refractivity (Wildman–Crippen MR) is 138 cm³/mol. The third-order valence-corrected chi connectivity index (χ3v) is 5.88. The van der Waals surface area contributed by atoms with Crippen molar-refractivity contribution in [3.8, 4) is 5.75 Å². The van der Waals surface area contributed by atoms with Gasteiger partial charge in [0.2, 0.25) is 17.7 Å². The molecule has 5 unspecified atom stereocenters. The molecule has 1 rings (SSSR count). The molecule has 11 N–H and O–H groups in total. The van der Waals surface area contributed by atoms with Crippen LogP contribution in [0.3, 0.4) is 0 Å². The van der Waals surface area contributed by atoms with Crippen molar-refractivity contribution in [2.75, 3.05) is 6.54 Å². The van der Waals surface area contributed by atoms with E-state index in [2.05, 4.69) is 20.9 Å². The molecule has 0 saturated heterocycles. The predicted octanol–water partition coefficient (Wildman–Crippen LogP) is -1.08. The normalized spacial score (nSPS) is 14.8. The average molecular weight is 522 g/mol. The van der Waals surface area contributed by atoms with E-state index >= 15 is 0 Å². The fraction of sp³-hybridized carbons (Fsp3) is 0.542. The lowest BCUT2D eigenvalue weighted by Crippen LogP contribution is -2.57. The fourth-order valence-electron chi connectivity index (χ4n) is 3.29. The number of carbonyl (C=O) groups is 4. The fourth-order valence-corrected chi connectivity index (χ4v) is 3.29. The van der Waals surface area contributed by atoms with Crippen LogP contribution in [0.4, 0.5) is 0 Å². The van der Waals surface area contributed by atoms with Crippen LogP contribution in [-0.2, 0) is 25.6 Å². The molecular formula is C24H39N7O6. The number of benzene rings is 1. The minimum absolute atomic E-state index is 0.0455. The summed E-state index contributed by atoms with van der Waals surface area (Å²) in [5.74, 6) is -3.32. The van der Waals surface area contributed by atoms with Crippen molar-refractivity contribution in [2.24, 2.45) is 28.1 Å². The van der Waals surface area contributed by atoms with Crippen LogP contribution in [0.15, 0.2) is 29.3 Å². The number of nitrogens with zero attached hydrogens (tertiary/aromatic N) is 1. The molecule has 37 heavy (non-hydrogen) atoms. The van der Waals surface area contributed by atoms with Gasteiger partial charge in [-0.25, -0.2) is 4.79 Å². The standard InChI is InChI=1S/C24H39N7O6/c1-4-13(2)19(25)22(35)31-18(12-15-7-9-16(32)10-8-15)21(34)29-14(3)20(33)30-17(23(36)37)6-5-11-28-24(26)27/h7-10,13-14,17-19,32H,4-6,11-12,25H2,1-3H3,(H,29,34)(H,30,33)(H,31,35)(H,36,37)(H4,26,27,28). The van der Waals surface area contributed by atoms with E-state index in [0.29, 0.717) is 18.4 Å². The summed E-state index contributed by atoms with van der Waals surface area (Å²) in [5.41, 5.74) is 17.1. The van der Waals surface area contributed by atoms with Crippen molar-refractivity contribution in [1.29, 1.82) is 0 Å².